The van der Waals surface area contributed by atoms with Crippen LogP contribution in [0.3, 0.4) is 0 Å². The Morgan fingerprint density at radius 2 is 2.13 bits per heavy atom. The molecule has 1 aromatic rings. The minimum absolute atomic E-state index is 0.322. The van der Waals surface area contributed by atoms with Gasteiger partial charge in [-0.1, -0.05) is 18.6 Å². The Kier molecular flexibility index (Phi) is 5.63. The fourth-order valence-corrected chi connectivity index (χ4v) is 6.35. The quantitative estimate of drug-likeness (QED) is 0.556. The van der Waals surface area contributed by atoms with E-state index in [1.165, 1.54) is 44.1 Å². The molecule has 0 radical (unpaired) electrons. The normalized spacial score (nSPS) is 31.0. The van der Waals surface area contributed by atoms with Crippen molar-refractivity contribution in [3.05, 3.63) is 29.8 Å². The lowest BCUT2D eigenvalue weighted by Crippen LogP contribution is -2.72. The van der Waals surface area contributed by atoms with Crippen LogP contribution in [0.15, 0.2) is 29.3 Å². The van der Waals surface area contributed by atoms with E-state index in [2.05, 4.69) is 38.7 Å². The molecular formula is C24H36N4O2. The first-order valence-electron chi connectivity index (χ1n) is 11.7. The van der Waals surface area contributed by atoms with E-state index in [0.717, 1.165) is 38.0 Å². The third-order valence-corrected chi connectivity index (χ3v) is 8.07. The number of nitrogens with zero attached hydrogens (tertiary/aromatic N) is 2. The Labute approximate surface area is 180 Å². The van der Waals surface area contributed by atoms with Gasteiger partial charge in [0.2, 0.25) is 0 Å². The predicted octanol–water partition coefficient (Wildman–Crippen LogP) is 2.95. The predicted molar refractivity (Wildman–Crippen MR) is 119 cm³/mol. The Bertz CT molecular complexity index is 772. The van der Waals surface area contributed by atoms with Gasteiger partial charge in [0, 0.05) is 37.6 Å². The van der Waals surface area contributed by atoms with E-state index in [0.29, 0.717) is 29.5 Å². The third kappa shape index (κ3) is 3.38. The van der Waals surface area contributed by atoms with E-state index >= 15 is 0 Å². The third-order valence-electron chi connectivity index (χ3n) is 8.07. The molecule has 1 aromatic carbocycles. The largest absolute Gasteiger partial charge is 0.497 e. The number of hydrogen-bond donors (Lipinski definition) is 2. The van der Waals surface area contributed by atoms with Gasteiger partial charge >= 0.3 is 0 Å². The highest BCUT2D eigenvalue weighted by Gasteiger charge is 2.66. The lowest BCUT2D eigenvalue weighted by atomic mass is 9.46. The molecule has 6 nitrogen and oxygen atoms in total. The first-order chi connectivity index (χ1) is 14.7. The second-order valence-electron chi connectivity index (χ2n) is 9.44. The zero-order chi connectivity index (χ0) is 20.6. The molecule has 6 heteroatoms. The Balaban J connectivity index is 1.27. The fourth-order valence-electron chi connectivity index (χ4n) is 6.35. The highest BCUT2D eigenvalue weighted by molar-refractivity contribution is 5.80. The molecule has 4 fully saturated rings. The van der Waals surface area contributed by atoms with Gasteiger partial charge in [-0.25, -0.2) is 0 Å². The molecule has 0 amide bonds. The van der Waals surface area contributed by atoms with Crippen molar-refractivity contribution in [3.63, 3.8) is 0 Å². The Hall–Kier alpha value is -1.79. The summed E-state index contributed by atoms with van der Waals surface area (Å²) in [5, 5.41) is 7.47. The van der Waals surface area contributed by atoms with Crippen molar-refractivity contribution in [2.24, 2.45) is 16.3 Å². The summed E-state index contributed by atoms with van der Waals surface area (Å²) in [6, 6.07) is 9.34. The van der Waals surface area contributed by atoms with Gasteiger partial charge in [0.1, 0.15) is 5.75 Å². The summed E-state index contributed by atoms with van der Waals surface area (Å²) in [6.07, 6.45) is 8.15. The monoisotopic (exact) mass is 412 g/mol. The second-order valence-corrected chi connectivity index (χ2v) is 9.44. The van der Waals surface area contributed by atoms with E-state index in [4.69, 9.17) is 9.47 Å². The van der Waals surface area contributed by atoms with E-state index in [1.54, 1.807) is 7.11 Å². The molecule has 30 heavy (non-hydrogen) atoms. The van der Waals surface area contributed by atoms with Gasteiger partial charge in [0.25, 0.3) is 0 Å². The van der Waals surface area contributed by atoms with Crippen molar-refractivity contribution in [2.45, 2.75) is 56.7 Å². The molecule has 0 bridgehead atoms. The molecule has 2 saturated carbocycles. The highest BCUT2D eigenvalue weighted by Crippen LogP contribution is 2.62. The van der Waals surface area contributed by atoms with Crippen molar-refractivity contribution in [1.29, 1.82) is 0 Å². The van der Waals surface area contributed by atoms with Crippen molar-refractivity contribution < 1.29 is 9.47 Å². The molecule has 2 aliphatic carbocycles. The molecule has 0 aromatic heterocycles. The summed E-state index contributed by atoms with van der Waals surface area (Å²) < 4.78 is 11.6. The molecule has 4 aliphatic rings. The number of guanidine groups is 1. The molecule has 4 unspecified atom stereocenters. The maximum atomic E-state index is 6.08. The minimum Gasteiger partial charge on any atom is -0.497 e. The molecule has 1 spiro atoms. The topological polar surface area (TPSA) is 58.1 Å². The Morgan fingerprint density at radius 1 is 1.30 bits per heavy atom. The average molecular weight is 413 g/mol. The summed E-state index contributed by atoms with van der Waals surface area (Å²) in [7, 11) is 3.63. The summed E-state index contributed by atoms with van der Waals surface area (Å²) >= 11 is 0. The fraction of sp³-hybridized carbons (Fsp3) is 0.708. The van der Waals surface area contributed by atoms with Crippen LogP contribution in [0.2, 0.25) is 0 Å². The van der Waals surface area contributed by atoms with Crippen LogP contribution in [-0.4, -0.2) is 63.4 Å². The van der Waals surface area contributed by atoms with Crippen LogP contribution in [0.5, 0.6) is 5.75 Å². The van der Waals surface area contributed by atoms with Crippen LogP contribution >= 0.6 is 0 Å². The summed E-state index contributed by atoms with van der Waals surface area (Å²) in [5.74, 6) is 2.51. The molecule has 4 atom stereocenters. The van der Waals surface area contributed by atoms with Gasteiger partial charge in [-0.05, 0) is 62.9 Å². The number of methoxy groups -OCH3 is 1. The molecule has 2 heterocycles. The highest BCUT2D eigenvalue weighted by atomic mass is 16.5. The van der Waals surface area contributed by atoms with Crippen LogP contribution in [-0.2, 0) is 4.74 Å². The van der Waals surface area contributed by atoms with Gasteiger partial charge in [-0.15, -0.1) is 0 Å². The van der Waals surface area contributed by atoms with E-state index < -0.39 is 0 Å². The van der Waals surface area contributed by atoms with Crippen molar-refractivity contribution in [3.8, 4) is 5.75 Å². The number of ether oxygens (including phenoxy) is 2. The van der Waals surface area contributed by atoms with Crippen molar-refractivity contribution >= 4 is 5.96 Å². The van der Waals surface area contributed by atoms with Gasteiger partial charge in [-0.3, -0.25) is 9.89 Å². The summed E-state index contributed by atoms with van der Waals surface area (Å²) in [6.45, 7) is 4.08. The van der Waals surface area contributed by atoms with Crippen LogP contribution in [0, 0.1) is 11.3 Å². The minimum atomic E-state index is 0.322. The lowest BCUT2D eigenvalue weighted by Gasteiger charge is -2.63. The lowest BCUT2D eigenvalue weighted by molar-refractivity contribution is -0.171. The molecule has 164 valence electrons. The second kappa shape index (κ2) is 8.39. The van der Waals surface area contributed by atoms with Crippen LogP contribution in [0.1, 0.15) is 50.1 Å². The van der Waals surface area contributed by atoms with Gasteiger partial charge < -0.3 is 20.1 Å². The van der Waals surface area contributed by atoms with E-state index in [-0.39, 0.29) is 0 Å². The maximum absolute atomic E-state index is 6.08. The van der Waals surface area contributed by atoms with Gasteiger partial charge in [0.15, 0.2) is 5.96 Å². The number of hydrogen-bond acceptors (Lipinski definition) is 4. The number of nitrogens with one attached hydrogen (secondary N) is 2. The number of fused-ring (bicyclic) bond motifs is 2. The first-order valence-corrected chi connectivity index (χ1v) is 11.7. The molecule has 2 saturated heterocycles. The number of likely N-dealkylation sites (tertiary alicyclic amines) is 1. The zero-order valence-electron chi connectivity index (χ0n) is 18.4. The standard InChI is InChI=1S/C24H36N4O2/c1-25-23(27-21-19-9-14-30-22(19)24(21)10-6-11-24)26-16-20(28-12-3-4-13-28)17-7-5-8-18(15-17)29-2/h5,7-8,15,19-22H,3-4,6,9-14,16H2,1-2H3,(H2,25,26,27). The van der Waals surface area contributed by atoms with Gasteiger partial charge in [0.05, 0.1) is 19.3 Å². The first kappa shape index (κ1) is 20.1. The number of benzene rings is 1. The number of rotatable bonds is 6. The smallest absolute Gasteiger partial charge is 0.191 e. The molecular weight excluding hydrogens is 376 g/mol. The van der Waals surface area contributed by atoms with Gasteiger partial charge in [-0.2, -0.15) is 0 Å². The SMILES string of the molecule is CN=C(NCC(c1cccc(OC)c1)N1CCCC1)NC1C2CCOC2C12CCC2. The van der Waals surface area contributed by atoms with Crippen molar-refractivity contribution in [2.75, 3.05) is 40.4 Å². The van der Waals surface area contributed by atoms with Crippen LogP contribution < -0.4 is 15.4 Å². The van der Waals surface area contributed by atoms with Crippen molar-refractivity contribution in [1.82, 2.24) is 15.5 Å². The van der Waals surface area contributed by atoms with Crippen LogP contribution in [0.25, 0.3) is 0 Å². The van der Waals surface area contributed by atoms with E-state index in [9.17, 15) is 0 Å². The molecule has 2 N–H and O–H groups in total. The summed E-state index contributed by atoms with van der Waals surface area (Å²) in [4.78, 5) is 7.17. The van der Waals surface area contributed by atoms with Crippen LogP contribution in [0.4, 0.5) is 0 Å². The Morgan fingerprint density at radius 3 is 2.83 bits per heavy atom. The number of aliphatic imine (C=N–C) groups is 1. The average Bonchev–Trinajstić information content (AvgIpc) is 3.41. The van der Waals surface area contributed by atoms with E-state index in [1.807, 2.05) is 13.1 Å². The maximum Gasteiger partial charge on any atom is 0.191 e. The molecule has 2 aliphatic heterocycles. The summed E-state index contributed by atoms with van der Waals surface area (Å²) in [5.41, 5.74) is 1.67. The zero-order valence-corrected chi connectivity index (χ0v) is 18.4. The molecule has 5 rings (SSSR count).